The molecule has 0 aromatic heterocycles. The predicted octanol–water partition coefficient (Wildman–Crippen LogP) is 4.71. The van der Waals surface area contributed by atoms with E-state index >= 15 is 0 Å². The fourth-order valence-corrected chi connectivity index (χ4v) is 1.97. The van der Waals surface area contributed by atoms with Crippen LogP contribution in [0.1, 0.15) is 10.4 Å². The summed E-state index contributed by atoms with van der Waals surface area (Å²) in [6.45, 7) is 0. The zero-order valence-corrected chi connectivity index (χ0v) is 11.0. The number of aldehydes is 1. The lowest BCUT2D eigenvalue weighted by Gasteiger charge is -2.09. The van der Waals surface area contributed by atoms with E-state index < -0.39 is 0 Å². The normalized spacial score (nSPS) is 10.0. The van der Waals surface area contributed by atoms with Crippen molar-refractivity contribution >= 4 is 33.8 Å². The van der Waals surface area contributed by atoms with Gasteiger partial charge in [0.25, 0.3) is 0 Å². The number of halogens is 2. The first-order valence-corrected chi connectivity index (χ1v) is 6.05. The van der Waals surface area contributed by atoms with Crippen molar-refractivity contribution in [3.63, 3.8) is 0 Å². The summed E-state index contributed by atoms with van der Waals surface area (Å²) in [5.41, 5.74) is 0.428. The highest BCUT2D eigenvalue weighted by Gasteiger charge is 2.08. The number of benzene rings is 2. The van der Waals surface area contributed by atoms with Gasteiger partial charge in [0.15, 0.2) is 12.0 Å². The maximum absolute atomic E-state index is 10.9. The minimum Gasteiger partial charge on any atom is -0.455 e. The summed E-state index contributed by atoms with van der Waals surface area (Å²) in [5.74, 6) is 0.998. The van der Waals surface area contributed by atoms with Crippen molar-refractivity contribution in [2.24, 2.45) is 0 Å². The van der Waals surface area contributed by atoms with Crippen molar-refractivity contribution in [2.75, 3.05) is 0 Å². The summed E-state index contributed by atoms with van der Waals surface area (Å²) in [7, 11) is 0. The van der Waals surface area contributed by atoms with Gasteiger partial charge in [-0.2, -0.15) is 0 Å². The van der Waals surface area contributed by atoms with Gasteiger partial charge >= 0.3 is 0 Å². The third-order valence-electron chi connectivity index (χ3n) is 2.14. The molecule has 2 rings (SSSR count). The van der Waals surface area contributed by atoms with Crippen LogP contribution in [0.25, 0.3) is 0 Å². The number of carbonyl (C=O) groups is 1. The first-order valence-electron chi connectivity index (χ1n) is 4.88. The highest BCUT2D eigenvalue weighted by Crippen LogP contribution is 2.32. The molecule has 0 amide bonds. The number of carbonyl (C=O) groups excluding carboxylic acids is 1. The molecule has 0 heterocycles. The molecule has 17 heavy (non-hydrogen) atoms. The van der Waals surface area contributed by atoms with Gasteiger partial charge in [-0.1, -0.05) is 39.7 Å². The van der Waals surface area contributed by atoms with Crippen LogP contribution in [0.15, 0.2) is 46.9 Å². The lowest BCUT2D eigenvalue weighted by molar-refractivity contribution is 0.112. The minimum absolute atomic E-state index is 0.377. The third kappa shape index (κ3) is 2.87. The van der Waals surface area contributed by atoms with Crippen molar-refractivity contribution in [1.82, 2.24) is 0 Å². The van der Waals surface area contributed by atoms with E-state index in [-0.39, 0.29) is 0 Å². The Morgan fingerprint density at radius 3 is 2.65 bits per heavy atom. The van der Waals surface area contributed by atoms with Crippen LogP contribution in [0.4, 0.5) is 0 Å². The Balaban J connectivity index is 2.39. The molecule has 0 aliphatic heterocycles. The van der Waals surface area contributed by atoms with Crippen LogP contribution in [0.3, 0.4) is 0 Å². The van der Waals surface area contributed by atoms with Crippen molar-refractivity contribution in [2.45, 2.75) is 0 Å². The Morgan fingerprint density at radius 1 is 1.18 bits per heavy atom. The Labute approximate surface area is 112 Å². The van der Waals surface area contributed by atoms with Crippen LogP contribution < -0.4 is 4.74 Å². The van der Waals surface area contributed by atoms with E-state index in [0.717, 1.165) is 10.8 Å². The van der Waals surface area contributed by atoms with E-state index in [1.54, 1.807) is 30.3 Å². The molecule has 0 unspecified atom stereocenters. The van der Waals surface area contributed by atoms with Crippen LogP contribution in [0.2, 0.25) is 5.02 Å². The fourth-order valence-electron chi connectivity index (χ4n) is 1.37. The number of para-hydroxylation sites is 1. The molecule has 0 radical (unpaired) electrons. The smallest absolute Gasteiger partial charge is 0.156 e. The molecule has 0 fully saturated rings. The first-order chi connectivity index (χ1) is 8.20. The summed E-state index contributed by atoms with van der Waals surface area (Å²) in [6, 6.07) is 12.4. The van der Waals surface area contributed by atoms with Gasteiger partial charge in [0, 0.05) is 4.47 Å². The first kappa shape index (κ1) is 12.1. The van der Waals surface area contributed by atoms with Crippen molar-refractivity contribution in [1.29, 1.82) is 0 Å². The molecular weight excluding hydrogens is 303 g/mol. The highest BCUT2D eigenvalue weighted by atomic mass is 79.9. The standard InChI is InChI=1S/C13H8BrClO2/c14-10-4-2-5-11(7-10)17-13-9(8-16)3-1-6-12(13)15/h1-8H. The topological polar surface area (TPSA) is 26.3 Å². The Morgan fingerprint density at radius 2 is 1.94 bits per heavy atom. The monoisotopic (exact) mass is 310 g/mol. The third-order valence-corrected chi connectivity index (χ3v) is 2.93. The quantitative estimate of drug-likeness (QED) is 0.768. The maximum Gasteiger partial charge on any atom is 0.156 e. The van der Waals surface area contributed by atoms with Crippen LogP contribution in [-0.4, -0.2) is 6.29 Å². The van der Waals surface area contributed by atoms with Gasteiger partial charge in [-0.05, 0) is 30.3 Å². The van der Waals surface area contributed by atoms with Crippen LogP contribution in [0.5, 0.6) is 11.5 Å². The number of ether oxygens (including phenoxy) is 1. The molecule has 4 heteroatoms. The van der Waals surface area contributed by atoms with Gasteiger partial charge in [0.05, 0.1) is 10.6 Å². The van der Waals surface area contributed by atoms with E-state index in [1.807, 2.05) is 12.1 Å². The van der Waals surface area contributed by atoms with Gasteiger partial charge in [-0.3, -0.25) is 4.79 Å². The molecule has 2 nitrogen and oxygen atoms in total. The number of hydrogen-bond donors (Lipinski definition) is 0. The van der Waals surface area contributed by atoms with Crippen LogP contribution in [-0.2, 0) is 0 Å². The second kappa shape index (κ2) is 5.34. The molecule has 0 aliphatic rings. The van der Waals surface area contributed by atoms with E-state index in [1.165, 1.54) is 0 Å². The summed E-state index contributed by atoms with van der Waals surface area (Å²) < 4.78 is 6.52. The molecule has 0 aliphatic carbocycles. The van der Waals surface area contributed by atoms with Gasteiger partial charge in [-0.25, -0.2) is 0 Å². The minimum atomic E-state index is 0.377. The second-order valence-corrected chi connectivity index (χ2v) is 4.66. The average Bonchev–Trinajstić information content (AvgIpc) is 2.32. The van der Waals surface area contributed by atoms with E-state index in [4.69, 9.17) is 16.3 Å². The number of hydrogen-bond acceptors (Lipinski definition) is 2. The van der Waals surface area contributed by atoms with Crippen molar-refractivity contribution < 1.29 is 9.53 Å². The van der Waals surface area contributed by atoms with E-state index in [9.17, 15) is 4.79 Å². The summed E-state index contributed by atoms with van der Waals surface area (Å²) in [4.78, 5) is 10.9. The van der Waals surface area contributed by atoms with Gasteiger partial charge in [0.1, 0.15) is 5.75 Å². The molecule has 2 aromatic carbocycles. The summed E-state index contributed by atoms with van der Waals surface area (Å²) >= 11 is 9.35. The highest BCUT2D eigenvalue weighted by molar-refractivity contribution is 9.10. The fraction of sp³-hybridized carbons (Fsp3) is 0. The lowest BCUT2D eigenvalue weighted by atomic mass is 10.2. The Kier molecular flexibility index (Phi) is 3.82. The molecule has 86 valence electrons. The SMILES string of the molecule is O=Cc1cccc(Cl)c1Oc1cccc(Br)c1. The lowest BCUT2D eigenvalue weighted by Crippen LogP contribution is -1.91. The molecule has 0 N–H and O–H groups in total. The Bertz CT molecular complexity index is 555. The zero-order valence-electron chi connectivity index (χ0n) is 8.69. The van der Waals surface area contributed by atoms with Crippen molar-refractivity contribution in [3.05, 3.63) is 57.5 Å². The largest absolute Gasteiger partial charge is 0.455 e. The van der Waals surface area contributed by atoms with Crippen LogP contribution >= 0.6 is 27.5 Å². The van der Waals surface area contributed by atoms with Gasteiger partial charge < -0.3 is 4.74 Å². The molecule has 0 atom stereocenters. The molecule has 0 saturated heterocycles. The molecule has 0 saturated carbocycles. The van der Waals surface area contributed by atoms with Gasteiger partial charge in [-0.15, -0.1) is 0 Å². The van der Waals surface area contributed by atoms with Crippen LogP contribution in [0, 0.1) is 0 Å². The predicted molar refractivity (Wildman–Crippen MR) is 71.1 cm³/mol. The molecule has 0 bridgehead atoms. The maximum atomic E-state index is 10.9. The van der Waals surface area contributed by atoms with Gasteiger partial charge in [0.2, 0.25) is 0 Å². The molecule has 2 aromatic rings. The summed E-state index contributed by atoms with van der Waals surface area (Å²) in [6.07, 6.45) is 0.721. The second-order valence-electron chi connectivity index (χ2n) is 3.34. The molecular formula is C13H8BrClO2. The zero-order chi connectivity index (χ0) is 12.3. The summed E-state index contributed by atoms with van der Waals surface area (Å²) in [5, 5.41) is 0.412. The van der Waals surface area contributed by atoms with E-state index in [0.29, 0.717) is 22.1 Å². The van der Waals surface area contributed by atoms with E-state index in [2.05, 4.69) is 15.9 Å². The van der Waals surface area contributed by atoms with Crippen molar-refractivity contribution in [3.8, 4) is 11.5 Å². The Hall–Kier alpha value is -1.32. The molecule has 0 spiro atoms. The average molecular weight is 312 g/mol. The number of rotatable bonds is 3.